The molecule has 3 aromatic carbocycles. The second-order valence-electron chi connectivity index (χ2n) is 10.2. The van der Waals surface area contributed by atoms with Crippen LogP contribution in [0.25, 0.3) is 16.8 Å². The van der Waals surface area contributed by atoms with Gasteiger partial charge in [0, 0.05) is 44.3 Å². The van der Waals surface area contributed by atoms with Crippen LogP contribution in [0.2, 0.25) is 0 Å². The summed E-state index contributed by atoms with van der Waals surface area (Å²) < 4.78 is 26.6. The van der Waals surface area contributed by atoms with Crippen LogP contribution >= 0.6 is 0 Å². The highest BCUT2D eigenvalue weighted by Gasteiger charge is 2.33. The van der Waals surface area contributed by atoms with Crippen molar-refractivity contribution >= 4 is 38.7 Å². The summed E-state index contributed by atoms with van der Waals surface area (Å²) in [5, 5.41) is 7.88. The average molecular weight is 563 g/mol. The van der Waals surface area contributed by atoms with E-state index >= 15 is 0 Å². The predicted octanol–water partition coefficient (Wildman–Crippen LogP) is 3.57. The van der Waals surface area contributed by atoms with E-state index in [-0.39, 0.29) is 43.5 Å². The Kier molecular flexibility index (Phi) is 10.1. The van der Waals surface area contributed by atoms with Crippen molar-refractivity contribution in [1.82, 2.24) is 19.8 Å². The van der Waals surface area contributed by atoms with E-state index < -0.39 is 10.0 Å². The van der Waals surface area contributed by atoms with E-state index in [4.69, 9.17) is 0 Å². The monoisotopic (exact) mass is 562 g/mol. The average Bonchev–Trinajstić information content (AvgIpc) is 2.96. The first kappa shape index (κ1) is 29.5. The lowest BCUT2D eigenvalue weighted by molar-refractivity contribution is -0.122. The third kappa shape index (κ3) is 8.00. The van der Waals surface area contributed by atoms with E-state index in [0.717, 1.165) is 24.9 Å². The molecule has 4 rings (SSSR count). The van der Waals surface area contributed by atoms with E-state index in [0.29, 0.717) is 12.8 Å². The molecular formula is C31H38N4O4S. The molecule has 3 aromatic rings. The Morgan fingerprint density at radius 3 is 2.33 bits per heavy atom. The molecule has 212 valence electrons. The molecule has 0 spiro atoms. The third-order valence-electron chi connectivity index (χ3n) is 7.43. The van der Waals surface area contributed by atoms with Crippen molar-refractivity contribution < 1.29 is 18.0 Å². The van der Waals surface area contributed by atoms with Crippen LogP contribution in [0.4, 0.5) is 0 Å². The van der Waals surface area contributed by atoms with E-state index in [2.05, 4.69) is 58.9 Å². The maximum Gasteiger partial charge on any atom is 0.244 e. The summed E-state index contributed by atoms with van der Waals surface area (Å²) >= 11 is 0. The minimum Gasteiger partial charge on any atom is -0.353 e. The number of carbonyl (C=O) groups excluding carboxylic acids is 2. The van der Waals surface area contributed by atoms with Crippen molar-refractivity contribution in [2.75, 3.05) is 39.0 Å². The van der Waals surface area contributed by atoms with Gasteiger partial charge >= 0.3 is 0 Å². The Labute approximate surface area is 237 Å². The van der Waals surface area contributed by atoms with Gasteiger partial charge in [-0.2, -0.15) is 4.31 Å². The van der Waals surface area contributed by atoms with Gasteiger partial charge in [-0.3, -0.25) is 14.5 Å². The minimum atomic E-state index is -3.58. The van der Waals surface area contributed by atoms with Gasteiger partial charge in [0.2, 0.25) is 21.8 Å². The summed E-state index contributed by atoms with van der Waals surface area (Å²) in [6, 6.07) is 24.1. The highest BCUT2D eigenvalue weighted by atomic mass is 32.2. The van der Waals surface area contributed by atoms with Crippen molar-refractivity contribution in [2.24, 2.45) is 0 Å². The van der Waals surface area contributed by atoms with Crippen LogP contribution in [0, 0.1) is 0 Å². The Morgan fingerprint density at radius 2 is 1.60 bits per heavy atom. The Balaban J connectivity index is 1.25. The first-order valence-electron chi connectivity index (χ1n) is 13.7. The summed E-state index contributed by atoms with van der Waals surface area (Å²) in [5.41, 5.74) is 2.18. The second-order valence-corrected chi connectivity index (χ2v) is 12.1. The van der Waals surface area contributed by atoms with Gasteiger partial charge in [-0.1, -0.05) is 72.8 Å². The topological polar surface area (TPSA) is 98.8 Å². The molecular weight excluding hydrogens is 524 g/mol. The van der Waals surface area contributed by atoms with E-state index in [1.54, 1.807) is 6.08 Å². The lowest BCUT2D eigenvalue weighted by atomic mass is 9.96. The number of benzene rings is 3. The molecule has 0 aliphatic carbocycles. The van der Waals surface area contributed by atoms with Gasteiger partial charge in [0.25, 0.3) is 0 Å². The van der Waals surface area contributed by atoms with E-state index in [1.807, 2.05) is 36.4 Å². The number of fused-ring (bicyclic) bond motifs is 1. The first-order chi connectivity index (χ1) is 19.2. The molecule has 1 atom stereocenters. The quantitative estimate of drug-likeness (QED) is 0.275. The van der Waals surface area contributed by atoms with E-state index in [9.17, 15) is 18.0 Å². The molecule has 40 heavy (non-hydrogen) atoms. The Hall–Kier alpha value is -3.53. The van der Waals surface area contributed by atoms with Gasteiger partial charge in [-0.05, 0) is 47.7 Å². The number of nitrogens with zero attached hydrogens (tertiary/aromatic N) is 2. The molecule has 2 N–H and O–H groups in total. The molecule has 1 fully saturated rings. The molecule has 2 amide bonds. The fourth-order valence-corrected chi connectivity index (χ4v) is 6.37. The minimum absolute atomic E-state index is 0.194. The van der Waals surface area contributed by atoms with Gasteiger partial charge in [-0.15, -0.1) is 0 Å². The summed E-state index contributed by atoms with van der Waals surface area (Å²) in [7, 11) is -3.58. The molecule has 1 heterocycles. The maximum atomic E-state index is 12.6. The lowest BCUT2D eigenvalue weighted by Gasteiger charge is -2.39. The number of hydrogen-bond donors (Lipinski definition) is 2. The van der Waals surface area contributed by atoms with Gasteiger partial charge in [-0.25, -0.2) is 8.42 Å². The molecule has 0 bridgehead atoms. The number of hydrogen-bond acceptors (Lipinski definition) is 5. The molecule has 1 aliphatic rings. The smallest absolute Gasteiger partial charge is 0.244 e. The summed E-state index contributed by atoms with van der Waals surface area (Å²) in [6.45, 7) is 3.90. The van der Waals surface area contributed by atoms with Crippen LogP contribution < -0.4 is 10.6 Å². The predicted molar refractivity (Wildman–Crippen MR) is 160 cm³/mol. The van der Waals surface area contributed by atoms with Crippen LogP contribution in [0.3, 0.4) is 0 Å². The summed E-state index contributed by atoms with van der Waals surface area (Å²) in [4.78, 5) is 27.0. The van der Waals surface area contributed by atoms with Gasteiger partial charge < -0.3 is 10.6 Å². The maximum absolute atomic E-state index is 12.6. The highest BCUT2D eigenvalue weighted by Crippen LogP contribution is 2.31. The van der Waals surface area contributed by atoms with Crippen LogP contribution in [-0.4, -0.2) is 74.5 Å². The van der Waals surface area contributed by atoms with E-state index in [1.165, 1.54) is 26.7 Å². The Bertz CT molecular complexity index is 1430. The Morgan fingerprint density at radius 1 is 0.950 bits per heavy atom. The van der Waals surface area contributed by atoms with Crippen LogP contribution in [-0.2, 0) is 19.6 Å². The van der Waals surface area contributed by atoms with Gasteiger partial charge in [0.15, 0.2) is 0 Å². The van der Waals surface area contributed by atoms with Crippen molar-refractivity contribution in [3.8, 4) is 0 Å². The molecule has 0 unspecified atom stereocenters. The number of piperidine rings is 1. The normalized spacial score (nSPS) is 15.9. The van der Waals surface area contributed by atoms with Crippen LogP contribution in [0.5, 0.6) is 0 Å². The zero-order chi connectivity index (χ0) is 28.5. The largest absolute Gasteiger partial charge is 0.353 e. The second kappa shape index (κ2) is 13.7. The van der Waals surface area contributed by atoms with Gasteiger partial charge in [0.05, 0.1) is 12.8 Å². The number of sulfonamides is 1. The fourth-order valence-electron chi connectivity index (χ4n) is 5.27. The fraction of sp³-hybridized carbons (Fsp3) is 0.355. The number of amides is 2. The number of nitrogens with one attached hydrogen (secondary N) is 2. The molecule has 9 heteroatoms. The SMILES string of the molecule is C[C@H](c1cccc2ccccc12)N1CCC(N(CC(=O)NCCNC(=O)/C=C/c2ccccc2)S(C)(=O)=O)CC1. The van der Waals surface area contributed by atoms with Crippen LogP contribution in [0.1, 0.15) is 36.9 Å². The first-order valence-corrected chi connectivity index (χ1v) is 15.5. The molecule has 8 nitrogen and oxygen atoms in total. The molecule has 0 aromatic heterocycles. The molecule has 1 saturated heterocycles. The van der Waals surface area contributed by atoms with Crippen molar-refractivity contribution in [3.05, 3.63) is 90.0 Å². The van der Waals surface area contributed by atoms with Gasteiger partial charge in [0.1, 0.15) is 0 Å². The van der Waals surface area contributed by atoms with Crippen molar-refractivity contribution in [2.45, 2.75) is 31.8 Å². The highest BCUT2D eigenvalue weighted by molar-refractivity contribution is 7.88. The number of rotatable bonds is 11. The molecule has 1 aliphatic heterocycles. The zero-order valence-corrected chi connectivity index (χ0v) is 23.9. The van der Waals surface area contributed by atoms with Crippen molar-refractivity contribution in [1.29, 1.82) is 0 Å². The summed E-state index contributed by atoms with van der Waals surface area (Å²) in [6.07, 6.45) is 5.62. The molecule has 0 radical (unpaired) electrons. The van der Waals surface area contributed by atoms with Crippen molar-refractivity contribution in [3.63, 3.8) is 0 Å². The lowest BCUT2D eigenvalue weighted by Crippen LogP contribution is -2.51. The standard InChI is InChI=1S/C31H38N4O4S/c1-24(28-14-8-12-26-11-6-7-13-29(26)28)34-21-17-27(18-22-34)35(40(2,38)39)23-31(37)33-20-19-32-30(36)16-15-25-9-4-3-5-10-25/h3-16,24,27H,17-23H2,1-2H3,(H,32,36)(H,33,37)/b16-15+/t24-/m1/s1. The summed E-state index contributed by atoms with van der Waals surface area (Å²) in [5.74, 6) is -0.647. The zero-order valence-electron chi connectivity index (χ0n) is 23.1. The number of carbonyl (C=O) groups is 2. The third-order valence-corrected chi connectivity index (χ3v) is 8.71. The molecule has 0 saturated carbocycles. The van der Waals surface area contributed by atoms with Crippen LogP contribution in [0.15, 0.2) is 78.9 Å². The number of likely N-dealkylation sites (tertiary alicyclic amines) is 1.